The second-order valence-electron chi connectivity index (χ2n) is 7.15. The fourth-order valence-corrected chi connectivity index (χ4v) is 3.62. The molecule has 0 aliphatic heterocycles. The van der Waals surface area contributed by atoms with Gasteiger partial charge in [0.05, 0.1) is 12.0 Å². The highest BCUT2D eigenvalue weighted by atomic mass is 16.4. The molecule has 5 heteroatoms. The maximum absolute atomic E-state index is 12.9. The second-order valence-corrected chi connectivity index (χ2v) is 7.15. The Morgan fingerprint density at radius 3 is 2.11 bits per heavy atom. The topological polar surface area (TPSA) is 78.4 Å². The molecule has 0 radical (unpaired) electrons. The Labute approximate surface area is 159 Å². The number of benzene rings is 2. The Morgan fingerprint density at radius 2 is 1.52 bits per heavy atom. The van der Waals surface area contributed by atoms with E-state index in [0.717, 1.165) is 24.1 Å². The summed E-state index contributed by atoms with van der Waals surface area (Å²) in [4.78, 5) is 24.0. The van der Waals surface area contributed by atoms with Crippen molar-refractivity contribution in [3.63, 3.8) is 0 Å². The Kier molecular flexibility index (Phi) is 6.60. The normalized spacial score (nSPS) is 20.6. The van der Waals surface area contributed by atoms with Crippen LogP contribution in [-0.2, 0) is 16.0 Å². The van der Waals surface area contributed by atoms with E-state index in [2.05, 4.69) is 10.6 Å². The van der Waals surface area contributed by atoms with Gasteiger partial charge in [-0.05, 0) is 49.8 Å². The molecule has 0 heterocycles. The first-order valence-electron chi connectivity index (χ1n) is 9.50. The van der Waals surface area contributed by atoms with E-state index in [-0.39, 0.29) is 23.9 Å². The van der Waals surface area contributed by atoms with Crippen LogP contribution in [0.2, 0.25) is 0 Å². The zero-order valence-electron chi connectivity index (χ0n) is 15.3. The number of aliphatic carboxylic acids is 1. The van der Waals surface area contributed by atoms with Gasteiger partial charge in [-0.15, -0.1) is 0 Å². The average molecular weight is 366 g/mol. The average Bonchev–Trinajstić information content (AvgIpc) is 2.69. The number of hydrogen-bond donors (Lipinski definition) is 3. The van der Waals surface area contributed by atoms with Crippen LogP contribution in [0.25, 0.3) is 0 Å². The molecule has 5 nitrogen and oxygen atoms in total. The van der Waals surface area contributed by atoms with Crippen LogP contribution in [0.4, 0.5) is 5.69 Å². The van der Waals surface area contributed by atoms with Crippen molar-refractivity contribution in [2.75, 3.05) is 5.32 Å². The maximum atomic E-state index is 12.9. The summed E-state index contributed by atoms with van der Waals surface area (Å²) in [5.74, 6) is -1.03. The van der Waals surface area contributed by atoms with Gasteiger partial charge in [-0.2, -0.15) is 0 Å². The largest absolute Gasteiger partial charge is 0.481 e. The lowest BCUT2D eigenvalue weighted by Gasteiger charge is -2.30. The molecule has 1 unspecified atom stereocenters. The van der Waals surface area contributed by atoms with Crippen LogP contribution in [0.3, 0.4) is 0 Å². The molecule has 2 aromatic carbocycles. The lowest BCUT2D eigenvalue weighted by molar-refractivity contribution is -0.143. The molecule has 1 aliphatic rings. The van der Waals surface area contributed by atoms with E-state index < -0.39 is 5.97 Å². The van der Waals surface area contributed by atoms with E-state index in [9.17, 15) is 9.59 Å². The number of para-hydroxylation sites is 1. The van der Waals surface area contributed by atoms with Gasteiger partial charge in [-0.1, -0.05) is 48.5 Å². The fourth-order valence-electron chi connectivity index (χ4n) is 3.62. The quantitative estimate of drug-likeness (QED) is 0.701. The molecule has 1 saturated carbocycles. The molecule has 142 valence electrons. The van der Waals surface area contributed by atoms with E-state index in [1.54, 1.807) is 0 Å². The van der Waals surface area contributed by atoms with Crippen molar-refractivity contribution in [3.05, 3.63) is 66.2 Å². The predicted octanol–water partition coefficient (Wildman–Crippen LogP) is 3.47. The van der Waals surface area contributed by atoms with Gasteiger partial charge in [0.15, 0.2) is 0 Å². The van der Waals surface area contributed by atoms with Crippen LogP contribution < -0.4 is 10.6 Å². The van der Waals surface area contributed by atoms with Gasteiger partial charge >= 0.3 is 5.97 Å². The Hall–Kier alpha value is -2.66. The lowest BCUT2D eigenvalue weighted by Crippen LogP contribution is -2.48. The number of rotatable bonds is 7. The van der Waals surface area contributed by atoms with Crippen LogP contribution in [0.5, 0.6) is 0 Å². The number of carbonyl (C=O) groups excluding carboxylic acids is 1. The van der Waals surface area contributed by atoms with E-state index in [4.69, 9.17) is 5.11 Å². The molecule has 0 aromatic heterocycles. The van der Waals surface area contributed by atoms with E-state index >= 15 is 0 Å². The molecule has 2 aromatic rings. The van der Waals surface area contributed by atoms with Crippen molar-refractivity contribution in [1.82, 2.24) is 5.32 Å². The standard InChI is InChI=1S/C22H26N2O3/c25-21(24-18-9-5-2-6-10-18)20(15-16-7-3-1-4-8-16)23-19-13-11-17(12-14-19)22(26)27/h1-10,17,19-20,23H,11-15H2,(H,24,25)(H,26,27). The van der Waals surface area contributed by atoms with Gasteiger partial charge in [-0.3, -0.25) is 9.59 Å². The third kappa shape index (κ3) is 5.66. The van der Waals surface area contributed by atoms with Crippen molar-refractivity contribution in [3.8, 4) is 0 Å². The van der Waals surface area contributed by atoms with Crippen LogP contribution in [0.1, 0.15) is 31.2 Å². The number of hydrogen-bond acceptors (Lipinski definition) is 3. The van der Waals surface area contributed by atoms with E-state index in [0.29, 0.717) is 19.3 Å². The molecule has 3 N–H and O–H groups in total. The summed E-state index contributed by atoms with van der Waals surface area (Å²) >= 11 is 0. The Morgan fingerprint density at radius 1 is 0.926 bits per heavy atom. The molecular weight excluding hydrogens is 340 g/mol. The summed E-state index contributed by atoms with van der Waals surface area (Å²) in [6, 6.07) is 19.2. The number of carbonyl (C=O) groups is 2. The minimum Gasteiger partial charge on any atom is -0.481 e. The molecule has 3 rings (SSSR count). The van der Waals surface area contributed by atoms with Crippen LogP contribution in [0, 0.1) is 5.92 Å². The Balaban J connectivity index is 1.66. The smallest absolute Gasteiger partial charge is 0.306 e. The van der Waals surface area contributed by atoms with Crippen LogP contribution >= 0.6 is 0 Å². The number of nitrogens with one attached hydrogen (secondary N) is 2. The summed E-state index contributed by atoms with van der Waals surface area (Å²) in [7, 11) is 0. The molecule has 0 bridgehead atoms. The maximum Gasteiger partial charge on any atom is 0.306 e. The fraction of sp³-hybridized carbons (Fsp3) is 0.364. The summed E-state index contributed by atoms with van der Waals surface area (Å²) in [6.07, 6.45) is 3.47. The first-order chi connectivity index (χ1) is 13.1. The minimum atomic E-state index is -0.712. The van der Waals surface area contributed by atoms with E-state index in [1.165, 1.54) is 0 Å². The van der Waals surface area contributed by atoms with Crippen LogP contribution in [0.15, 0.2) is 60.7 Å². The van der Waals surface area contributed by atoms with Crippen molar-refractivity contribution < 1.29 is 14.7 Å². The predicted molar refractivity (Wildman–Crippen MR) is 106 cm³/mol. The molecule has 1 atom stereocenters. The van der Waals surface area contributed by atoms with Gasteiger partial charge in [0.2, 0.25) is 5.91 Å². The van der Waals surface area contributed by atoms with Gasteiger partial charge in [-0.25, -0.2) is 0 Å². The number of anilines is 1. The number of amides is 1. The van der Waals surface area contributed by atoms with Gasteiger partial charge in [0, 0.05) is 11.7 Å². The van der Waals surface area contributed by atoms with Crippen molar-refractivity contribution in [2.45, 2.75) is 44.2 Å². The molecule has 1 aliphatic carbocycles. The Bertz CT molecular complexity index is 741. The molecule has 0 spiro atoms. The zero-order valence-corrected chi connectivity index (χ0v) is 15.3. The third-order valence-corrected chi connectivity index (χ3v) is 5.15. The highest BCUT2D eigenvalue weighted by Gasteiger charge is 2.29. The number of carboxylic acid groups (broad SMARTS) is 1. The first kappa shape index (κ1) is 19.1. The molecule has 0 saturated heterocycles. The third-order valence-electron chi connectivity index (χ3n) is 5.15. The second kappa shape index (κ2) is 9.33. The van der Waals surface area contributed by atoms with Crippen molar-refractivity contribution in [1.29, 1.82) is 0 Å². The van der Waals surface area contributed by atoms with Crippen molar-refractivity contribution >= 4 is 17.6 Å². The van der Waals surface area contributed by atoms with Crippen LogP contribution in [-0.4, -0.2) is 29.1 Å². The SMILES string of the molecule is O=C(O)C1CCC(NC(Cc2ccccc2)C(=O)Nc2ccccc2)CC1. The molecule has 27 heavy (non-hydrogen) atoms. The van der Waals surface area contributed by atoms with Crippen molar-refractivity contribution in [2.24, 2.45) is 5.92 Å². The lowest BCUT2D eigenvalue weighted by atomic mass is 9.85. The highest BCUT2D eigenvalue weighted by molar-refractivity contribution is 5.95. The molecule has 1 fully saturated rings. The summed E-state index contributed by atoms with van der Waals surface area (Å²) in [5.41, 5.74) is 1.87. The first-order valence-corrected chi connectivity index (χ1v) is 9.50. The minimum absolute atomic E-state index is 0.0644. The van der Waals surface area contributed by atoms with Gasteiger partial charge < -0.3 is 15.7 Å². The van der Waals surface area contributed by atoms with Gasteiger partial charge in [0.25, 0.3) is 0 Å². The molecular formula is C22H26N2O3. The zero-order chi connectivity index (χ0) is 19.1. The molecule has 1 amide bonds. The summed E-state index contributed by atoms with van der Waals surface area (Å²) in [6.45, 7) is 0. The summed E-state index contributed by atoms with van der Waals surface area (Å²) < 4.78 is 0. The monoisotopic (exact) mass is 366 g/mol. The van der Waals surface area contributed by atoms with E-state index in [1.807, 2.05) is 60.7 Å². The van der Waals surface area contributed by atoms with Gasteiger partial charge in [0.1, 0.15) is 0 Å². The number of carboxylic acids is 1. The summed E-state index contributed by atoms with van der Waals surface area (Å²) in [5, 5.41) is 15.6. The highest BCUT2D eigenvalue weighted by Crippen LogP contribution is 2.25.